The molecule has 1 saturated heterocycles. The molecule has 0 aliphatic carbocycles. The van der Waals surface area contributed by atoms with E-state index in [4.69, 9.17) is 37.9 Å². The first-order chi connectivity index (χ1) is 36.2. The van der Waals surface area contributed by atoms with E-state index in [1.165, 1.54) is 37.3 Å². The molecule has 1 fully saturated rings. The predicted octanol–water partition coefficient (Wildman–Crippen LogP) is -5.08. The summed E-state index contributed by atoms with van der Waals surface area (Å²) in [5.41, 5.74) is 29.0. The van der Waals surface area contributed by atoms with Gasteiger partial charge in [0.15, 0.2) is 17.6 Å². The zero-order chi connectivity index (χ0) is 55.8. The number of aromatic nitrogens is 1. The summed E-state index contributed by atoms with van der Waals surface area (Å²) in [6.07, 6.45) is -5.33. The Bertz CT molecular complexity index is 2610. The molecular formula is C48H70FN15O12. The monoisotopic (exact) mass is 1070 g/mol. The number of rotatable bonds is 15. The fourth-order valence-electron chi connectivity index (χ4n) is 8.45. The van der Waals surface area contributed by atoms with Crippen molar-refractivity contribution >= 4 is 58.3 Å². The van der Waals surface area contributed by atoms with Gasteiger partial charge in [0.05, 0.1) is 23.6 Å². The Labute approximate surface area is 436 Å². The number of guanidine groups is 1. The Balaban J connectivity index is 1.48. The number of benzene rings is 2. The third kappa shape index (κ3) is 15.8. The Morgan fingerprint density at radius 3 is 2.21 bits per heavy atom. The second kappa shape index (κ2) is 28.0. The van der Waals surface area contributed by atoms with Crippen LogP contribution in [0.25, 0.3) is 22.2 Å². The van der Waals surface area contributed by atoms with Gasteiger partial charge in [-0.05, 0) is 68.8 Å². The Hall–Kier alpha value is -7.34. The fraction of sp³-hybridized carbons (Fsp3) is 0.521. The number of allylic oxidation sites excluding steroid dienone is 1. The van der Waals surface area contributed by atoms with Crippen molar-refractivity contribution in [3.05, 3.63) is 59.6 Å². The van der Waals surface area contributed by atoms with Crippen molar-refractivity contribution in [1.82, 2.24) is 47.7 Å². The van der Waals surface area contributed by atoms with Crippen molar-refractivity contribution in [3.63, 3.8) is 0 Å². The van der Waals surface area contributed by atoms with E-state index in [0.29, 0.717) is 17.4 Å². The van der Waals surface area contributed by atoms with Gasteiger partial charge in [-0.15, -0.1) is 0 Å². The van der Waals surface area contributed by atoms with Crippen LogP contribution in [0.4, 0.5) is 4.39 Å². The topological polar surface area (TPSA) is 454 Å². The lowest BCUT2D eigenvalue weighted by molar-refractivity contribution is -0.137. The molecule has 2 aromatic carbocycles. The van der Waals surface area contributed by atoms with E-state index in [1.807, 2.05) is 13.8 Å². The van der Waals surface area contributed by atoms with E-state index < -0.39 is 133 Å². The molecule has 3 aromatic rings. The number of carbonyl (C=O) groups is 7. The lowest BCUT2D eigenvalue weighted by Crippen LogP contribution is -2.64. The van der Waals surface area contributed by atoms with Crippen LogP contribution in [0.15, 0.2) is 57.7 Å². The first-order valence-electron chi connectivity index (χ1n) is 24.7. The van der Waals surface area contributed by atoms with Crippen molar-refractivity contribution in [2.45, 2.75) is 114 Å². The number of fused-ring (bicyclic) bond motifs is 2. The van der Waals surface area contributed by atoms with Gasteiger partial charge in [0, 0.05) is 56.8 Å². The molecule has 76 heavy (non-hydrogen) atoms. The molecule has 2 aliphatic rings. The molecule has 28 heteroatoms. The lowest BCUT2D eigenvalue weighted by Gasteiger charge is -2.30. The number of amides is 7. The van der Waals surface area contributed by atoms with Crippen molar-refractivity contribution in [3.8, 4) is 17.0 Å². The highest BCUT2D eigenvalue weighted by atomic mass is 19.1. The molecule has 21 N–H and O–H groups in total. The van der Waals surface area contributed by atoms with E-state index in [1.54, 1.807) is 12.1 Å². The molecule has 1 aromatic heterocycles. The van der Waals surface area contributed by atoms with E-state index in [0.717, 1.165) is 0 Å². The number of hydrogen-bond donors (Lipinski definition) is 16. The molecule has 10 atom stereocenters. The second-order valence-corrected chi connectivity index (χ2v) is 18.7. The average molecular weight is 1070 g/mol. The smallest absolute Gasteiger partial charge is 0.268 e. The molecule has 0 radical (unpaired) electrons. The zero-order valence-corrected chi connectivity index (χ0v) is 42.3. The van der Waals surface area contributed by atoms with E-state index >= 15 is 0 Å². The Kier molecular flexibility index (Phi) is 21.9. The van der Waals surface area contributed by atoms with Crippen LogP contribution in [0, 0.1) is 11.7 Å². The summed E-state index contributed by atoms with van der Waals surface area (Å²) in [6.45, 7) is 3.05. The number of aliphatic imine (C=N–C) groups is 1. The molecular weight excluding hydrogens is 998 g/mol. The SMILES string of the molecule is C/C=C1\NC(=O)C(NC(=O)C2Cc3cc4c(-c5ccccc5F)noc4cc3O2)C(O)CNC(=O)C(C(O)CN)NC(=O)C(C(O)CN)NC(=O)[C@H](CCCN=C(N)N)NC[C@H](CC(C)C)NC(=O)[C@H](CCN)NC1=O. The maximum Gasteiger partial charge on any atom is 0.268 e. The molecule has 416 valence electrons. The van der Waals surface area contributed by atoms with E-state index in [-0.39, 0.29) is 79.8 Å². The van der Waals surface area contributed by atoms with Gasteiger partial charge < -0.3 is 95.8 Å². The first kappa shape index (κ1) is 59.5. The Morgan fingerprint density at radius 2 is 1.57 bits per heavy atom. The zero-order valence-electron chi connectivity index (χ0n) is 42.3. The summed E-state index contributed by atoms with van der Waals surface area (Å²) >= 11 is 0. The van der Waals surface area contributed by atoms with Gasteiger partial charge in [-0.1, -0.05) is 37.2 Å². The minimum absolute atomic E-state index is 0.0251. The average Bonchev–Trinajstić information content (AvgIpc) is 4.00. The standard InChI is InChI=1S/C48H70FN15O12/c1-4-28-41(68)60-30(11-12-50)43(70)58-24(14-22(2)3)20-56-29(10-7-13-55-48(53)54)42(69)61-39(32(66)19-52)47(74)63-38(31(65)18-51)45(72)57-21-33(67)40(46(73)59-28)62-44(71)36-16-23-15-26-35(17-34(23)75-36)76-64-37(26)25-8-5-6-9-27(25)49/h4-6,8-9,15,17,22,24,29-33,36,38-40,56,65-67H,7,10-14,16,18-21,50-52H2,1-3H3,(H,57,72)(H,58,70)(H,59,73)(H,60,68)(H,61,69)(H,62,71)(H,63,74)(H4,53,54,55)/b28-4-/t24-,29-,30-,31?,32?,33?,36?,38?,39?,40?/m0/s1. The fourth-order valence-corrected chi connectivity index (χ4v) is 8.45. The van der Waals surface area contributed by atoms with Crippen LogP contribution in [0.1, 0.15) is 52.0 Å². The van der Waals surface area contributed by atoms with Gasteiger partial charge in [0.25, 0.3) is 11.8 Å². The molecule has 0 spiro atoms. The summed E-state index contributed by atoms with van der Waals surface area (Å²) < 4.78 is 26.2. The number of carbonyl (C=O) groups excluding carboxylic acids is 7. The number of nitrogens with one attached hydrogen (secondary N) is 8. The van der Waals surface area contributed by atoms with Crippen LogP contribution in [-0.4, -0.2) is 168 Å². The normalized spacial score (nSPS) is 25.0. The largest absolute Gasteiger partial charge is 0.480 e. The van der Waals surface area contributed by atoms with Crippen LogP contribution in [0.3, 0.4) is 0 Å². The number of ether oxygens (including phenoxy) is 1. The van der Waals surface area contributed by atoms with Gasteiger partial charge in [-0.25, -0.2) is 4.39 Å². The van der Waals surface area contributed by atoms with Gasteiger partial charge in [0.2, 0.25) is 29.5 Å². The molecule has 2 aliphatic heterocycles. The van der Waals surface area contributed by atoms with Crippen molar-refractivity contribution < 1.29 is 62.5 Å². The minimum Gasteiger partial charge on any atom is -0.480 e. The summed E-state index contributed by atoms with van der Waals surface area (Å²) in [6, 6.07) is 0.111. The molecule has 3 heterocycles. The first-order valence-corrected chi connectivity index (χ1v) is 24.7. The molecule has 0 bridgehead atoms. The maximum absolute atomic E-state index is 14.8. The third-order valence-electron chi connectivity index (χ3n) is 12.5. The molecule has 27 nitrogen and oxygen atoms in total. The minimum atomic E-state index is -2.04. The van der Waals surface area contributed by atoms with E-state index in [9.17, 15) is 53.3 Å². The van der Waals surface area contributed by atoms with Crippen LogP contribution >= 0.6 is 0 Å². The summed E-state index contributed by atoms with van der Waals surface area (Å²) in [5, 5.41) is 58.4. The van der Waals surface area contributed by atoms with E-state index in [2.05, 4.69) is 52.7 Å². The third-order valence-corrected chi connectivity index (χ3v) is 12.5. The predicted molar refractivity (Wildman–Crippen MR) is 273 cm³/mol. The number of hydrogen-bond acceptors (Lipinski definition) is 18. The number of halogens is 1. The highest BCUT2D eigenvalue weighted by Crippen LogP contribution is 2.38. The van der Waals surface area contributed by atoms with Crippen LogP contribution in [0.5, 0.6) is 5.75 Å². The van der Waals surface area contributed by atoms with Crippen LogP contribution in [0.2, 0.25) is 0 Å². The quantitative estimate of drug-likeness (QED) is 0.0293. The maximum atomic E-state index is 14.8. The van der Waals surface area contributed by atoms with Crippen LogP contribution < -0.4 is 75.9 Å². The summed E-state index contributed by atoms with van der Waals surface area (Å²) in [5.74, 6) is -7.59. The molecule has 0 saturated carbocycles. The highest BCUT2D eigenvalue weighted by molar-refractivity contribution is 6.02. The second-order valence-electron chi connectivity index (χ2n) is 18.7. The molecule has 7 unspecified atom stereocenters. The summed E-state index contributed by atoms with van der Waals surface area (Å²) in [4.78, 5) is 102. The number of nitrogens with two attached hydrogens (primary N) is 5. The number of nitrogens with zero attached hydrogens (tertiary/aromatic N) is 2. The Morgan fingerprint density at radius 1 is 0.895 bits per heavy atom. The summed E-state index contributed by atoms with van der Waals surface area (Å²) in [7, 11) is 0. The van der Waals surface area contributed by atoms with Gasteiger partial charge in [0.1, 0.15) is 53.2 Å². The van der Waals surface area contributed by atoms with Gasteiger partial charge >= 0.3 is 0 Å². The molecule has 7 amide bonds. The number of aliphatic hydroxyl groups excluding tert-OH is 3. The highest BCUT2D eigenvalue weighted by Gasteiger charge is 2.39. The molecule has 5 rings (SSSR count). The van der Waals surface area contributed by atoms with Crippen LogP contribution in [-0.2, 0) is 40.0 Å². The van der Waals surface area contributed by atoms with Crippen molar-refractivity contribution in [2.24, 2.45) is 39.6 Å². The number of β-amino-alcohol motifs (C(OH)–C–C–N with tert-alkyl or cyclic N) is 1. The van der Waals surface area contributed by atoms with Gasteiger partial charge in [-0.3, -0.25) is 38.6 Å². The number of aliphatic hydroxyl groups is 3. The van der Waals surface area contributed by atoms with Crippen molar-refractivity contribution in [1.29, 1.82) is 0 Å². The van der Waals surface area contributed by atoms with Crippen molar-refractivity contribution in [2.75, 3.05) is 39.3 Å². The van der Waals surface area contributed by atoms with Gasteiger partial charge in [-0.2, -0.15) is 0 Å². The lowest BCUT2D eigenvalue weighted by atomic mass is 10.0.